The van der Waals surface area contributed by atoms with Crippen molar-refractivity contribution in [3.05, 3.63) is 29.8 Å². The van der Waals surface area contributed by atoms with Gasteiger partial charge in [0.15, 0.2) is 0 Å². The first-order valence-corrected chi connectivity index (χ1v) is 9.52. The van der Waals surface area contributed by atoms with Gasteiger partial charge in [0.25, 0.3) is 0 Å². The fraction of sp³-hybridized carbons (Fsp3) is 0.600. The molecule has 2 unspecified atom stereocenters. The van der Waals surface area contributed by atoms with Gasteiger partial charge in [0, 0.05) is 50.2 Å². The summed E-state index contributed by atoms with van der Waals surface area (Å²) in [6.45, 7) is 0.483. The van der Waals surface area contributed by atoms with Crippen molar-refractivity contribution in [1.29, 1.82) is 0 Å². The van der Waals surface area contributed by atoms with Crippen LogP contribution in [0.5, 0.6) is 0 Å². The molecule has 1 aromatic rings. The van der Waals surface area contributed by atoms with E-state index in [4.69, 9.17) is 0 Å². The molecule has 0 aliphatic carbocycles. The van der Waals surface area contributed by atoms with Crippen molar-refractivity contribution >= 4 is 17.5 Å². The number of fused-ring (bicyclic) bond motifs is 3. The Balaban J connectivity index is 1.38. The second-order valence-corrected chi connectivity index (χ2v) is 7.69. The van der Waals surface area contributed by atoms with Gasteiger partial charge >= 0.3 is 0 Å². The molecule has 1 aromatic carbocycles. The van der Waals surface area contributed by atoms with Gasteiger partial charge < -0.3 is 15.1 Å². The summed E-state index contributed by atoms with van der Waals surface area (Å²) in [6, 6.07) is 9.54. The molecule has 2 saturated heterocycles. The highest BCUT2D eigenvalue weighted by Crippen LogP contribution is 2.30. The Morgan fingerprint density at radius 3 is 2.68 bits per heavy atom. The van der Waals surface area contributed by atoms with Crippen LogP contribution in [0.4, 0.5) is 5.69 Å². The van der Waals surface area contributed by atoms with E-state index in [-0.39, 0.29) is 11.8 Å². The van der Waals surface area contributed by atoms with Gasteiger partial charge in [-0.25, -0.2) is 0 Å². The number of aryl methyl sites for hydroxylation is 1. The van der Waals surface area contributed by atoms with Gasteiger partial charge in [0.1, 0.15) is 0 Å². The fourth-order valence-electron chi connectivity index (χ4n) is 4.67. The van der Waals surface area contributed by atoms with E-state index in [1.54, 1.807) is 4.90 Å². The van der Waals surface area contributed by atoms with Crippen LogP contribution in [0.3, 0.4) is 0 Å². The van der Waals surface area contributed by atoms with Crippen molar-refractivity contribution in [1.82, 2.24) is 10.2 Å². The third-order valence-corrected chi connectivity index (χ3v) is 6.13. The van der Waals surface area contributed by atoms with Crippen LogP contribution in [0.1, 0.15) is 44.1 Å². The standard InChI is InChI=1S/C20H27N3O2/c1-22(17-12-15-7-8-16(13-17)21-15)19(24)10-11-23-18-5-3-2-4-14(18)6-9-20(23)25/h2-5,15-17,21H,6-13H2,1H3. The highest BCUT2D eigenvalue weighted by atomic mass is 16.2. The zero-order valence-corrected chi connectivity index (χ0v) is 14.9. The topological polar surface area (TPSA) is 52.7 Å². The average Bonchev–Trinajstić information content (AvgIpc) is 2.97. The van der Waals surface area contributed by atoms with E-state index in [0.717, 1.165) is 24.9 Å². The second kappa shape index (κ2) is 6.79. The molecule has 0 aromatic heterocycles. The molecule has 5 heteroatoms. The van der Waals surface area contributed by atoms with Gasteiger partial charge in [0.2, 0.25) is 11.8 Å². The number of amides is 2. The smallest absolute Gasteiger partial charge is 0.227 e. The van der Waals surface area contributed by atoms with Gasteiger partial charge in [0.05, 0.1) is 0 Å². The van der Waals surface area contributed by atoms with E-state index in [1.807, 2.05) is 30.1 Å². The minimum atomic E-state index is 0.133. The summed E-state index contributed by atoms with van der Waals surface area (Å²) < 4.78 is 0. The van der Waals surface area contributed by atoms with Gasteiger partial charge in [-0.3, -0.25) is 9.59 Å². The maximum atomic E-state index is 12.7. The predicted octanol–water partition coefficient (Wildman–Crippen LogP) is 2.10. The number of nitrogens with one attached hydrogen (secondary N) is 1. The van der Waals surface area contributed by atoms with E-state index in [2.05, 4.69) is 11.4 Å². The molecule has 4 rings (SSSR count). The Hall–Kier alpha value is -1.88. The van der Waals surface area contributed by atoms with Gasteiger partial charge in [-0.15, -0.1) is 0 Å². The zero-order valence-electron chi connectivity index (χ0n) is 14.9. The van der Waals surface area contributed by atoms with E-state index < -0.39 is 0 Å². The maximum absolute atomic E-state index is 12.7. The summed E-state index contributed by atoms with van der Waals surface area (Å²) >= 11 is 0. The first kappa shape index (κ1) is 16.6. The number of nitrogens with zero attached hydrogens (tertiary/aromatic N) is 2. The third kappa shape index (κ3) is 3.30. The van der Waals surface area contributed by atoms with Gasteiger partial charge in [-0.1, -0.05) is 18.2 Å². The molecule has 25 heavy (non-hydrogen) atoms. The van der Waals surface area contributed by atoms with Gasteiger partial charge in [-0.2, -0.15) is 0 Å². The van der Waals surface area contributed by atoms with Crippen molar-refractivity contribution in [2.45, 2.75) is 63.1 Å². The van der Waals surface area contributed by atoms with Crippen molar-refractivity contribution in [2.24, 2.45) is 0 Å². The van der Waals surface area contributed by atoms with Crippen molar-refractivity contribution in [2.75, 3.05) is 18.5 Å². The molecule has 134 valence electrons. The summed E-state index contributed by atoms with van der Waals surface area (Å²) in [5.74, 6) is 0.288. The molecular formula is C20H27N3O2. The van der Waals surface area contributed by atoms with E-state index >= 15 is 0 Å². The second-order valence-electron chi connectivity index (χ2n) is 7.69. The molecule has 3 aliphatic heterocycles. The minimum Gasteiger partial charge on any atom is -0.343 e. The number of benzene rings is 1. The van der Waals surface area contributed by atoms with Crippen LogP contribution in [-0.2, 0) is 16.0 Å². The third-order valence-electron chi connectivity index (χ3n) is 6.13. The minimum absolute atomic E-state index is 0.133. The van der Waals surface area contributed by atoms with Crippen molar-refractivity contribution < 1.29 is 9.59 Å². The predicted molar refractivity (Wildman–Crippen MR) is 97.5 cm³/mol. The Bertz CT molecular complexity index is 663. The fourth-order valence-corrected chi connectivity index (χ4v) is 4.67. The molecule has 2 amide bonds. The number of carbonyl (C=O) groups is 2. The van der Waals surface area contributed by atoms with E-state index in [1.165, 1.54) is 18.4 Å². The SMILES string of the molecule is CN(C(=O)CCN1C(=O)CCc2ccccc21)C1CC2CCC(C1)N2. The lowest BCUT2D eigenvalue weighted by Gasteiger charge is -2.36. The Morgan fingerprint density at radius 1 is 1.20 bits per heavy atom. The lowest BCUT2D eigenvalue weighted by Crippen LogP contribution is -2.49. The number of hydrogen-bond acceptors (Lipinski definition) is 3. The van der Waals surface area contributed by atoms with Crippen LogP contribution in [0.25, 0.3) is 0 Å². The molecule has 3 heterocycles. The molecule has 0 spiro atoms. The molecular weight excluding hydrogens is 314 g/mol. The van der Waals surface area contributed by atoms with Crippen LogP contribution in [0.15, 0.2) is 24.3 Å². The Morgan fingerprint density at radius 2 is 1.92 bits per heavy atom. The maximum Gasteiger partial charge on any atom is 0.227 e. The van der Waals surface area contributed by atoms with E-state index in [0.29, 0.717) is 37.5 Å². The van der Waals surface area contributed by atoms with Crippen LogP contribution in [0, 0.1) is 0 Å². The molecule has 2 bridgehead atoms. The van der Waals surface area contributed by atoms with Crippen LogP contribution >= 0.6 is 0 Å². The number of anilines is 1. The average molecular weight is 341 g/mol. The molecule has 2 atom stereocenters. The normalized spacial score (nSPS) is 28.0. The molecule has 0 radical (unpaired) electrons. The summed E-state index contributed by atoms with van der Waals surface area (Å²) in [5.41, 5.74) is 2.19. The number of para-hydroxylation sites is 1. The Labute approximate surface area is 149 Å². The Kier molecular flexibility index (Phi) is 4.50. The monoisotopic (exact) mass is 341 g/mol. The van der Waals surface area contributed by atoms with Gasteiger partial charge in [-0.05, 0) is 43.7 Å². The van der Waals surface area contributed by atoms with Crippen LogP contribution in [-0.4, -0.2) is 48.4 Å². The summed E-state index contributed by atoms with van der Waals surface area (Å²) in [7, 11) is 1.93. The first-order valence-electron chi connectivity index (χ1n) is 9.52. The summed E-state index contributed by atoms with van der Waals surface area (Å²) in [4.78, 5) is 28.8. The summed E-state index contributed by atoms with van der Waals surface area (Å²) in [6.07, 6.45) is 6.34. The molecule has 2 fully saturated rings. The number of piperidine rings is 1. The van der Waals surface area contributed by atoms with E-state index in [9.17, 15) is 9.59 Å². The highest BCUT2D eigenvalue weighted by Gasteiger charge is 2.36. The molecule has 1 N–H and O–H groups in total. The lowest BCUT2D eigenvalue weighted by molar-refractivity contribution is -0.132. The molecule has 5 nitrogen and oxygen atoms in total. The number of hydrogen-bond donors (Lipinski definition) is 1. The first-order chi connectivity index (χ1) is 12.1. The molecule has 0 saturated carbocycles. The van der Waals surface area contributed by atoms with Crippen LogP contribution in [0.2, 0.25) is 0 Å². The van der Waals surface area contributed by atoms with Crippen LogP contribution < -0.4 is 10.2 Å². The largest absolute Gasteiger partial charge is 0.343 e. The van der Waals surface area contributed by atoms with Crippen molar-refractivity contribution in [3.63, 3.8) is 0 Å². The zero-order chi connectivity index (χ0) is 17.4. The molecule has 3 aliphatic rings. The lowest BCUT2D eigenvalue weighted by atomic mass is 9.98. The quantitative estimate of drug-likeness (QED) is 0.912. The highest BCUT2D eigenvalue weighted by molar-refractivity contribution is 5.97. The number of carbonyl (C=O) groups excluding carboxylic acids is 2. The summed E-state index contributed by atoms with van der Waals surface area (Å²) in [5, 5.41) is 3.62. The number of rotatable bonds is 4. The van der Waals surface area contributed by atoms with Crippen molar-refractivity contribution in [3.8, 4) is 0 Å².